The van der Waals surface area contributed by atoms with Gasteiger partial charge in [-0.15, -0.1) is 0 Å². The van der Waals surface area contributed by atoms with E-state index in [1.807, 2.05) is 11.8 Å². The maximum absolute atomic E-state index is 12.6. The molecule has 2 N–H and O–H groups in total. The highest BCUT2D eigenvalue weighted by Gasteiger charge is 2.34. The van der Waals surface area contributed by atoms with Crippen LogP contribution in [-0.2, 0) is 9.53 Å². The molecule has 0 spiro atoms. The number of ether oxygens (including phenoxy) is 1. The van der Waals surface area contributed by atoms with E-state index in [4.69, 9.17) is 10.1 Å². The summed E-state index contributed by atoms with van der Waals surface area (Å²) in [5, 5.41) is 11.2. The van der Waals surface area contributed by atoms with E-state index in [9.17, 15) is 4.79 Å². The number of amidine groups is 3. The molecule has 0 aliphatic carbocycles. The van der Waals surface area contributed by atoms with E-state index >= 15 is 0 Å². The maximum Gasteiger partial charge on any atom is 0.319 e. The van der Waals surface area contributed by atoms with Gasteiger partial charge >= 0.3 is 6.02 Å². The number of nitrogens with one attached hydrogen (secondary N) is 2. The van der Waals surface area contributed by atoms with Gasteiger partial charge in [-0.3, -0.25) is 15.1 Å². The van der Waals surface area contributed by atoms with Gasteiger partial charge in [-0.1, -0.05) is 31.1 Å². The van der Waals surface area contributed by atoms with Gasteiger partial charge in [-0.05, 0) is 58.7 Å². The fourth-order valence-corrected chi connectivity index (χ4v) is 4.41. The topological polar surface area (TPSA) is 93.4 Å². The van der Waals surface area contributed by atoms with Crippen molar-refractivity contribution in [2.75, 3.05) is 32.8 Å². The van der Waals surface area contributed by atoms with Crippen LogP contribution in [0.15, 0.2) is 33.3 Å². The standard InChI is InChI=1S/C24H38N6O2/c1-5-7-12-32-24-27-21-14-20(23(25)28-24)26-22(31)16-30(21)18(4)19(6-2)13-17(3)15-29-10-8-9-11-29/h6,13,18,20,25H,5,7-12,14-16H2,1-4H3,(H,26,31). The number of rotatable bonds is 8. The second-order valence-electron chi connectivity index (χ2n) is 8.90. The Balaban J connectivity index is 1.82. The van der Waals surface area contributed by atoms with Crippen LogP contribution in [0, 0.1) is 5.41 Å². The molecule has 2 saturated heterocycles. The number of carbonyl (C=O) groups is 1. The van der Waals surface area contributed by atoms with Crippen molar-refractivity contribution in [1.82, 2.24) is 15.1 Å². The lowest BCUT2D eigenvalue weighted by Gasteiger charge is -2.31. The number of amides is 1. The molecular weight excluding hydrogens is 404 g/mol. The van der Waals surface area contributed by atoms with Crippen molar-refractivity contribution in [3.05, 3.63) is 23.3 Å². The van der Waals surface area contributed by atoms with E-state index in [1.54, 1.807) is 0 Å². The SMILES string of the molecule is CC=C(C=C(C)CN1CCCC1)C(C)N1CC(=O)NC2CC1=NC(OCCCC)=NC2=N. The zero-order chi connectivity index (χ0) is 23.1. The first-order valence-electron chi connectivity index (χ1n) is 11.9. The quantitative estimate of drug-likeness (QED) is 0.446. The highest BCUT2D eigenvalue weighted by Crippen LogP contribution is 2.21. The molecular formula is C24H38N6O2. The summed E-state index contributed by atoms with van der Waals surface area (Å²) in [6, 6.07) is -0.301. The Hall–Kier alpha value is -2.48. The zero-order valence-electron chi connectivity index (χ0n) is 20.0. The largest absolute Gasteiger partial charge is 0.463 e. The van der Waals surface area contributed by atoms with Crippen molar-refractivity contribution in [2.24, 2.45) is 9.98 Å². The molecule has 0 saturated carbocycles. The third kappa shape index (κ3) is 6.28. The average Bonchev–Trinajstić information content (AvgIpc) is 3.14. The minimum atomic E-state index is -0.479. The van der Waals surface area contributed by atoms with Gasteiger partial charge in [-0.25, -0.2) is 0 Å². The normalized spacial score (nSPS) is 23.9. The van der Waals surface area contributed by atoms with Crippen LogP contribution in [0.4, 0.5) is 0 Å². The molecule has 8 heteroatoms. The molecule has 0 aromatic rings. The molecule has 8 nitrogen and oxygen atoms in total. The Kier molecular flexibility index (Phi) is 8.61. The van der Waals surface area contributed by atoms with Crippen LogP contribution in [0.1, 0.15) is 59.8 Å². The van der Waals surface area contributed by atoms with Gasteiger partial charge in [0, 0.05) is 13.0 Å². The highest BCUT2D eigenvalue weighted by molar-refractivity contribution is 6.08. The van der Waals surface area contributed by atoms with Crippen molar-refractivity contribution in [2.45, 2.75) is 71.9 Å². The summed E-state index contributed by atoms with van der Waals surface area (Å²) in [6.45, 7) is 12.5. The first kappa shape index (κ1) is 24.2. The molecule has 0 aromatic carbocycles. The Morgan fingerprint density at radius 1 is 1.34 bits per heavy atom. The molecule has 2 atom stereocenters. The van der Waals surface area contributed by atoms with E-state index in [1.165, 1.54) is 31.5 Å². The van der Waals surface area contributed by atoms with Crippen LogP contribution >= 0.6 is 0 Å². The lowest BCUT2D eigenvalue weighted by Crippen LogP contribution is -2.43. The number of carbonyl (C=O) groups excluding carboxylic acids is 1. The molecule has 176 valence electrons. The smallest absolute Gasteiger partial charge is 0.319 e. The Morgan fingerprint density at radius 3 is 2.78 bits per heavy atom. The Labute approximate surface area is 192 Å². The summed E-state index contributed by atoms with van der Waals surface area (Å²) in [7, 11) is 0. The van der Waals surface area contributed by atoms with E-state index in [2.05, 4.69) is 53.1 Å². The molecule has 32 heavy (non-hydrogen) atoms. The van der Waals surface area contributed by atoms with E-state index < -0.39 is 6.04 Å². The molecule has 2 bridgehead atoms. The number of unbranched alkanes of at least 4 members (excludes halogenated alkanes) is 1. The molecule has 3 rings (SSSR count). The molecule has 2 fully saturated rings. The third-order valence-corrected chi connectivity index (χ3v) is 6.24. The van der Waals surface area contributed by atoms with Gasteiger partial charge in [0.05, 0.1) is 25.2 Å². The van der Waals surface area contributed by atoms with Gasteiger partial charge in [0.2, 0.25) is 5.91 Å². The van der Waals surface area contributed by atoms with Crippen molar-refractivity contribution < 1.29 is 9.53 Å². The maximum atomic E-state index is 12.6. The second-order valence-corrected chi connectivity index (χ2v) is 8.90. The van der Waals surface area contributed by atoms with Crippen molar-refractivity contribution in [3.8, 4) is 0 Å². The summed E-state index contributed by atoms with van der Waals surface area (Å²) < 4.78 is 5.75. The third-order valence-electron chi connectivity index (χ3n) is 6.24. The Bertz CT molecular complexity index is 822. The number of fused-ring (bicyclic) bond motifs is 2. The van der Waals surface area contributed by atoms with Crippen LogP contribution in [0.2, 0.25) is 0 Å². The van der Waals surface area contributed by atoms with Gasteiger partial charge in [0.15, 0.2) is 0 Å². The summed E-state index contributed by atoms with van der Waals surface area (Å²) >= 11 is 0. The average molecular weight is 443 g/mol. The number of hydrogen-bond donors (Lipinski definition) is 2. The zero-order valence-corrected chi connectivity index (χ0v) is 20.0. The number of likely N-dealkylation sites (tertiary alicyclic amines) is 1. The van der Waals surface area contributed by atoms with E-state index in [-0.39, 0.29) is 30.4 Å². The predicted molar refractivity (Wildman–Crippen MR) is 129 cm³/mol. The summed E-state index contributed by atoms with van der Waals surface area (Å²) in [5.41, 5.74) is 2.47. The van der Waals surface area contributed by atoms with Crippen LogP contribution < -0.4 is 5.32 Å². The fraction of sp³-hybridized carbons (Fsp3) is 0.667. The minimum absolute atomic E-state index is 0.0408. The summed E-state index contributed by atoms with van der Waals surface area (Å²) in [4.78, 5) is 26.1. The van der Waals surface area contributed by atoms with Crippen molar-refractivity contribution in [3.63, 3.8) is 0 Å². The van der Waals surface area contributed by atoms with Gasteiger partial charge < -0.3 is 15.0 Å². The first-order chi connectivity index (χ1) is 15.4. The molecule has 3 aliphatic rings. The van der Waals surface area contributed by atoms with Crippen molar-refractivity contribution in [1.29, 1.82) is 5.41 Å². The van der Waals surface area contributed by atoms with Gasteiger partial charge in [0.1, 0.15) is 11.7 Å². The number of hydrogen-bond acceptors (Lipinski definition) is 6. The van der Waals surface area contributed by atoms with Crippen molar-refractivity contribution >= 4 is 23.6 Å². The molecule has 3 heterocycles. The molecule has 0 radical (unpaired) electrons. The van der Waals surface area contributed by atoms with Crippen LogP contribution in [-0.4, -0.2) is 78.3 Å². The number of aliphatic imine (C=N–C) groups is 2. The second kappa shape index (κ2) is 11.4. The predicted octanol–water partition coefficient (Wildman–Crippen LogP) is 3.12. The van der Waals surface area contributed by atoms with E-state index in [0.717, 1.165) is 30.8 Å². The fourth-order valence-electron chi connectivity index (χ4n) is 4.41. The lowest BCUT2D eigenvalue weighted by atomic mass is 10.0. The minimum Gasteiger partial charge on any atom is -0.463 e. The molecule has 1 amide bonds. The number of allylic oxidation sites excluding steroid dienone is 1. The molecule has 0 aromatic heterocycles. The van der Waals surface area contributed by atoms with Crippen LogP contribution in [0.25, 0.3) is 0 Å². The van der Waals surface area contributed by atoms with Crippen LogP contribution in [0.5, 0.6) is 0 Å². The summed E-state index contributed by atoms with van der Waals surface area (Å²) in [6.07, 6.45) is 9.27. The molecule has 3 aliphatic heterocycles. The summed E-state index contributed by atoms with van der Waals surface area (Å²) in [5.74, 6) is 0.713. The van der Waals surface area contributed by atoms with Gasteiger partial charge in [-0.2, -0.15) is 9.98 Å². The lowest BCUT2D eigenvalue weighted by molar-refractivity contribution is -0.121. The monoisotopic (exact) mass is 442 g/mol. The number of nitrogens with zero attached hydrogens (tertiary/aromatic N) is 4. The Morgan fingerprint density at radius 2 is 2.09 bits per heavy atom. The molecule has 2 unspecified atom stereocenters. The highest BCUT2D eigenvalue weighted by atomic mass is 16.5. The first-order valence-corrected chi connectivity index (χ1v) is 11.9. The van der Waals surface area contributed by atoms with E-state index in [0.29, 0.717) is 13.0 Å². The van der Waals surface area contributed by atoms with Gasteiger partial charge in [0.25, 0.3) is 0 Å². The van der Waals surface area contributed by atoms with Crippen LogP contribution in [0.3, 0.4) is 0 Å².